The van der Waals surface area contributed by atoms with E-state index in [2.05, 4.69) is 9.62 Å². The predicted molar refractivity (Wildman–Crippen MR) is 131 cm³/mol. The van der Waals surface area contributed by atoms with E-state index in [0.29, 0.717) is 36.9 Å². The van der Waals surface area contributed by atoms with Gasteiger partial charge in [-0.1, -0.05) is 41.4 Å². The summed E-state index contributed by atoms with van der Waals surface area (Å²) in [6.07, 6.45) is 0. The molecule has 1 aliphatic heterocycles. The fourth-order valence-electron chi connectivity index (χ4n) is 3.84. The number of rotatable bonds is 6. The molecule has 0 saturated carbocycles. The first-order valence-electron chi connectivity index (χ1n) is 10.5. The number of hydrogen-bond acceptors (Lipinski definition) is 5. The van der Waals surface area contributed by atoms with Crippen molar-refractivity contribution in [2.75, 3.05) is 40.7 Å². The maximum Gasteiger partial charge on any atom is 0.335 e. The standard InChI is InChI=1S/C24H24ClN3O4S/c1-17-6-9-19(10-7-17)33(31,32)26-21-16-18(24(29)30)8-11-23(21)28-14-12-27(13-15-28)22-5-3-2-4-20(22)25/h2-11,16,26H,12-15H2,1H3,(H,29,30). The van der Waals surface area contributed by atoms with Crippen molar-refractivity contribution in [3.8, 4) is 0 Å². The molecular formula is C24H24ClN3O4S. The van der Waals surface area contributed by atoms with E-state index in [9.17, 15) is 18.3 Å². The lowest BCUT2D eigenvalue weighted by Crippen LogP contribution is -2.46. The summed E-state index contributed by atoms with van der Waals surface area (Å²) in [7, 11) is -3.89. The molecule has 0 amide bonds. The van der Waals surface area contributed by atoms with Gasteiger partial charge in [0.1, 0.15) is 0 Å². The van der Waals surface area contributed by atoms with Crippen LogP contribution in [0.2, 0.25) is 5.02 Å². The van der Waals surface area contributed by atoms with Crippen molar-refractivity contribution >= 4 is 44.7 Å². The topological polar surface area (TPSA) is 89.9 Å². The minimum atomic E-state index is -3.89. The summed E-state index contributed by atoms with van der Waals surface area (Å²) in [5.41, 5.74) is 2.78. The second-order valence-electron chi connectivity index (χ2n) is 7.88. The SMILES string of the molecule is Cc1ccc(S(=O)(=O)Nc2cc(C(=O)O)ccc2N2CCN(c3ccccc3Cl)CC2)cc1. The number of nitrogens with one attached hydrogen (secondary N) is 1. The number of carboxylic acid groups (broad SMARTS) is 1. The largest absolute Gasteiger partial charge is 0.478 e. The zero-order valence-corrected chi connectivity index (χ0v) is 19.6. The van der Waals surface area contributed by atoms with Crippen molar-refractivity contribution in [3.63, 3.8) is 0 Å². The normalized spacial score (nSPS) is 14.2. The molecular weight excluding hydrogens is 462 g/mol. The number of nitrogens with zero attached hydrogens (tertiary/aromatic N) is 2. The van der Waals surface area contributed by atoms with E-state index in [1.54, 1.807) is 18.2 Å². The highest BCUT2D eigenvalue weighted by atomic mass is 35.5. The second kappa shape index (κ2) is 9.33. The number of piperazine rings is 1. The van der Waals surface area contributed by atoms with Crippen LogP contribution in [0.3, 0.4) is 0 Å². The fraction of sp³-hybridized carbons (Fsp3) is 0.208. The minimum absolute atomic E-state index is 0.00931. The molecule has 1 saturated heterocycles. The molecule has 9 heteroatoms. The average molecular weight is 486 g/mol. The van der Waals surface area contributed by atoms with E-state index >= 15 is 0 Å². The molecule has 0 aliphatic carbocycles. The number of aryl methyl sites for hydroxylation is 1. The Morgan fingerprint density at radius 2 is 1.52 bits per heavy atom. The van der Waals surface area contributed by atoms with Crippen LogP contribution in [0.4, 0.5) is 17.1 Å². The number of anilines is 3. The zero-order valence-electron chi connectivity index (χ0n) is 18.0. The Balaban J connectivity index is 1.60. The van der Waals surface area contributed by atoms with Gasteiger partial charge < -0.3 is 14.9 Å². The molecule has 0 aromatic heterocycles. The van der Waals surface area contributed by atoms with Gasteiger partial charge in [-0.3, -0.25) is 4.72 Å². The van der Waals surface area contributed by atoms with Crippen molar-refractivity contribution in [2.24, 2.45) is 0 Å². The van der Waals surface area contributed by atoms with Crippen LogP contribution >= 0.6 is 11.6 Å². The van der Waals surface area contributed by atoms with Crippen LogP contribution in [0.25, 0.3) is 0 Å². The zero-order chi connectivity index (χ0) is 23.6. The summed E-state index contributed by atoms with van der Waals surface area (Å²) in [4.78, 5) is 15.9. The molecule has 0 unspecified atom stereocenters. The average Bonchev–Trinajstić information content (AvgIpc) is 2.79. The molecule has 2 N–H and O–H groups in total. The van der Waals surface area contributed by atoms with Crippen molar-refractivity contribution < 1.29 is 18.3 Å². The summed E-state index contributed by atoms with van der Waals surface area (Å²) < 4.78 is 28.6. The molecule has 3 aromatic carbocycles. The highest BCUT2D eigenvalue weighted by Gasteiger charge is 2.24. The van der Waals surface area contributed by atoms with E-state index < -0.39 is 16.0 Å². The molecule has 0 bridgehead atoms. The Kier molecular flexibility index (Phi) is 6.49. The number of carboxylic acids is 1. The summed E-state index contributed by atoms with van der Waals surface area (Å²) in [5, 5.41) is 10.1. The number of hydrogen-bond donors (Lipinski definition) is 2. The van der Waals surface area contributed by atoms with E-state index in [1.165, 1.54) is 24.3 Å². The van der Waals surface area contributed by atoms with Crippen molar-refractivity contribution in [3.05, 3.63) is 82.9 Å². The van der Waals surface area contributed by atoms with Gasteiger partial charge in [0.25, 0.3) is 10.0 Å². The number of para-hydroxylation sites is 1. The molecule has 0 radical (unpaired) electrons. The van der Waals surface area contributed by atoms with Crippen LogP contribution in [0, 0.1) is 6.92 Å². The van der Waals surface area contributed by atoms with E-state index in [0.717, 1.165) is 11.3 Å². The number of aromatic carboxylic acids is 1. The van der Waals surface area contributed by atoms with E-state index in [4.69, 9.17) is 11.6 Å². The molecule has 1 fully saturated rings. The molecule has 3 aromatic rings. The summed E-state index contributed by atoms with van der Waals surface area (Å²) in [6.45, 7) is 4.50. The highest BCUT2D eigenvalue weighted by Crippen LogP contribution is 2.32. The third kappa shape index (κ3) is 5.07. The van der Waals surface area contributed by atoms with E-state index in [-0.39, 0.29) is 16.1 Å². The predicted octanol–water partition coefficient (Wildman–Crippen LogP) is 4.47. The Hall–Kier alpha value is -3.23. The number of benzene rings is 3. The third-order valence-electron chi connectivity index (χ3n) is 5.63. The third-order valence-corrected chi connectivity index (χ3v) is 7.33. The summed E-state index contributed by atoms with van der Waals surface area (Å²) in [5.74, 6) is -1.12. The molecule has 1 heterocycles. The lowest BCUT2D eigenvalue weighted by molar-refractivity contribution is 0.0697. The Bertz CT molecular complexity index is 1270. The van der Waals surface area contributed by atoms with Gasteiger partial charge in [0, 0.05) is 26.2 Å². The van der Waals surface area contributed by atoms with Crippen molar-refractivity contribution in [1.82, 2.24) is 0 Å². The first-order chi connectivity index (χ1) is 15.7. The van der Waals surface area contributed by atoms with Crippen LogP contribution in [0.15, 0.2) is 71.6 Å². The fourth-order valence-corrected chi connectivity index (χ4v) is 5.16. The molecule has 172 valence electrons. The lowest BCUT2D eigenvalue weighted by atomic mass is 10.1. The second-order valence-corrected chi connectivity index (χ2v) is 9.97. The van der Waals surface area contributed by atoms with Gasteiger partial charge in [-0.05, 0) is 49.4 Å². The molecule has 33 heavy (non-hydrogen) atoms. The maximum atomic E-state index is 13.0. The van der Waals surface area contributed by atoms with E-state index in [1.807, 2.05) is 36.1 Å². The van der Waals surface area contributed by atoms with Crippen LogP contribution in [0.5, 0.6) is 0 Å². The molecule has 7 nitrogen and oxygen atoms in total. The smallest absolute Gasteiger partial charge is 0.335 e. The van der Waals surface area contributed by atoms with Crippen LogP contribution < -0.4 is 14.5 Å². The summed E-state index contributed by atoms with van der Waals surface area (Å²) in [6, 6.07) is 18.7. The quantitative estimate of drug-likeness (QED) is 0.535. The van der Waals surface area contributed by atoms with Gasteiger partial charge in [0.05, 0.1) is 32.5 Å². The molecule has 0 atom stereocenters. The van der Waals surface area contributed by atoms with Crippen LogP contribution in [0.1, 0.15) is 15.9 Å². The van der Waals surface area contributed by atoms with Gasteiger partial charge in [-0.25, -0.2) is 13.2 Å². The molecule has 1 aliphatic rings. The maximum absolute atomic E-state index is 13.0. The number of carbonyl (C=O) groups is 1. The molecule has 0 spiro atoms. The minimum Gasteiger partial charge on any atom is -0.478 e. The van der Waals surface area contributed by atoms with Gasteiger partial charge in [0.15, 0.2) is 0 Å². The number of sulfonamides is 1. The van der Waals surface area contributed by atoms with Crippen molar-refractivity contribution in [1.29, 1.82) is 0 Å². The Labute approximate surface area is 198 Å². The molecule has 4 rings (SSSR count). The van der Waals surface area contributed by atoms with Gasteiger partial charge >= 0.3 is 5.97 Å². The monoisotopic (exact) mass is 485 g/mol. The summed E-state index contributed by atoms with van der Waals surface area (Å²) >= 11 is 6.34. The first kappa shape index (κ1) is 22.9. The van der Waals surface area contributed by atoms with Gasteiger partial charge in [-0.2, -0.15) is 0 Å². The Morgan fingerprint density at radius 3 is 2.12 bits per heavy atom. The van der Waals surface area contributed by atoms with Crippen LogP contribution in [-0.2, 0) is 10.0 Å². The van der Waals surface area contributed by atoms with Gasteiger partial charge in [0.2, 0.25) is 0 Å². The first-order valence-corrected chi connectivity index (χ1v) is 12.3. The van der Waals surface area contributed by atoms with Crippen LogP contribution in [-0.4, -0.2) is 45.7 Å². The Morgan fingerprint density at radius 1 is 0.909 bits per heavy atom. The lowest BCUT2D eigenvalue weighted by Gasteiger charge is -2.38. The van der Waals surface area contributed by atoms with Gasteiger partial charge in [-0.15, -0.1) is 0 Å². The van der Waals surface area contributed by atoms with Crippen molar-refractivity contribution in [2.45, 2.75) is 11.8 Å². The number of halogens is 1. The highest BCUT2D eigenvalue weighted by molar-refractivity contribution is 7.92.